The van der Waals surface area contributed by atoms with Gasteiger partial charge in [-0.25, -0.2) is 8.42 Å². The molecule has 0 aliphatic carbocycles. The van der Waals surface area contributed by atoms with Crippen molar-refractivity contribution in [2.45, 2.75) is 20.8 Å². The molecule has 2 rings (SSSR count). The van der Waals surface area contributed by atoms with Gasteiger partial charge < -0.3 is 9.64 Å². The first-order valence-electron chi connectivity index (χ1n) is 7.56. The molecule has 1 heterocycles. The maximum absolute atomic E-state index is 12.8. The van der Waals surface area contributed by atoms with Crippen molar-refractivity contribution in [2.75, 3.05) is 39.5 Å². The van der Waals surface area contributed by atoms with Crippen LogP contribution in [0.15, 0.2) is 6.07 Å². The van der Waals surface area contributed by atoms with Crippen LogP contribution in [0.5, 0.6) is 5.75 Å². The quantitative estimate of drug-likeness (QED) is 0.833. The van der Waals surface area contributed by atoms with E-state index in [0.29, 0.717) is 31.7 Å². The summed E-state index contributed by atoms with van der Waals surface area (Å²) in [6, 6.07) is 1.85. The number of rotatable bonds is 3. The Labute approximate surface area is 138 Å². The maximum atomic E-state index is 12.8. The molecular formula is C16H24N2O4S. The van der Waals surface area contributed by atoms with Crippen molar-refractivity contribution in [1.29, 1.82) is 0 Å². The molecule has 128 valence electrons. The highest BCUT2D eigenvalue weighted by molar-refractivity contribution is 7.88. The zero-order valence-corrected chi connectivity index (χ0v) is 15.2. The average Bonchev–Trinajstić information content (AvgIpc) is 2.50. The Morgan fingerprint density at radius 2 is 1.65 bits per heavy atom. The number of hydrogen-bond acceptors (Lipinski definition) is 4. The highest BCUT2D eigenvalue weighted by Crippen LogP contribution is 2.29. The molecule has 0 unspecified atom stereocenters. The minimum Gasteiger partial charge on any atom is -0.496 e. The van der Waals surface area contributed by atoms with Crippen molar-refractivity contribution in [1.82, 2.24) is 9.21 Å². The molecule has 1 aliphatic rings. The second-order valence-electron chi connectivity index (χ2n) is 5.98. The lowest BCUT2D eigenvalue weighted by molar-refractivity contribution is 0.0697. The molecule has 7 heteroatoms. The van der Waals surface area contributed by atoms with Gasteiger partial charge in [-0.3, -0.25) is 4.79 Å². The number of methoxy groups -OCH3 is 1. The van der Waals surface area contributed by atoms with Gasteiger partial charge >= 0.3 is 0 Å². The Kier molecular flexibility index (Phi) is 5.01. The number of benzene rings is 1. The third-order valence-corrected chi connectivity index (χ3v) is 5.76. The Morgan fingerprint density at radius 3 is 2.13 bits per heavy atom. The summed E-state index contributed by atoms with van der Waals surface area (Å²) in [5.41, 5.74) is 3.45. The van der Waals surface area contributed by atoms with E-state index in [4.69, 9.17) is 4.74 Å². The Balaban J connectivity index is 2.23. The van der Waals surface area contributed by atoms with Crippen LogP contribution in [0.2, 0.25) is 0 Å². The average molecular weight is 340 g/mol. The first-order chi connectivity index (χ1) is 10.7. The van der Waals surface area contributed by atoms with E-state index in [1.807, 2.05) is 26.8 Å². The normalized spacial score (nSPS) is 16.5. The minimum absolute atomic E-state index is 0.0514. The number of amides is 1. The lowest BCUT2D eigenvalue weighted by Crippen LogP contribution is -2.50. The number of carbonyl (C=O) groups excluding carboxylic acids is 1. The van der Waals surface area contributed by atoms with E-state index in [1.54, 1.807) is 12.0 Å². The summed E-state index contributed by atoms with van der Waals surface area (Å²) >= 11 is 0. The van der Waals surface area contributed by atoms with Crippen molar-refractivity contribution in [3.63, 3.8) is 0 Å². The molecule has 0 radical (unpaired) electrons. The van der Waals surface area contributed by atoms with Crippen LogP contribution in [-0.4, -0.2) is 63.1 Å². The van der Waals surface area contributed by atoms with Crippen molar-refractivity contribution in [2.24, 2.45) is 0 Å². The monoisotopic (exact) mass is 340 g/mol. The highest BCUT2D eigenvalue weighted by atomic mass is 32.2. The maximum Gasteiger partial charge on any atom is 0.254 e. The molecule has 0 saturated carbocycles. The van der Waals surface area contributed by atoms with Gasteiger partial charge in [0.05, 0.1) is 13.4 Å². The van der Waals surface area contributed by atoms with Gasteiger partial charge in [0.25, 0.3) is 5.91 Å². The molecule has 1 aromatic carbocycles. The van der Waals surface area contributed by atoms with Gasteiger partial charge in [0.2, 0.25) is 10.0 Å². The molecule has 1 saturated heterocycles. The number of piperazine rings is 1. The van der Waals surface area contributed by atoms with Crippen molar-refractivity contribution in [3.05, 3.63) is 28.3 Å². The fourth-order valence-electron chi connectivity index (χ4n) is 2.99. The number of hydrogen-bond donors (Lipinski definition) is 0. The first kappa shape index (κ1) is 17.7. The molecule has 0 aromatic heterocycles. The van der Waals surface area contributed by atoms with Crippen LogP contribution in [0.3, 0.4) is 0 Å². The van der Waals surface area contributed by atoms with Crippen molar-refractivity contribution < 1.29 is 17.9 Å². The van der Waals surface area contributed by atoms with Crippen LogP contribution in [0.4, 0.5) is 0 Å². The molecule has 0 spiro atoms. The Bertz CT molecular complexity index is 720. The third kappa shape index (κ3) is 3.50. The van der Waals surface area contributed by atoms with Crippen molar-refractivity contribution >= 4 is 15.9 Å². The Morgan fingerprint density at radius 1 is 1.09 bits per heavy atom. The summed E-state index contributed by atoms with van der Waals surface area (Å²) in [4.78, 5) is 14.5. The molecule has 0 N–H and O–H groups in total. The van der Waals surface area contributed by atoms with Gasteiger partial charge in [-0.05, 0) is 43.5 Å². The van der Waals surface area contributed by atoms with Crippen molar-refractivity contribution in [3.8, 4) is 5.75 Å². The molecule has 1 fully saturated rings. The second kappa shape index (κ2) is 6.49. The van der Waals surface area contributed by atoms with E-state index >= 15 is 0 Å². The van der Waals surface area contributed by atoms with E-state index in [-0.39, 0.29) is 5.91 Å². The molecule has 0 bridgehead atoms. The van der Waals surface area contributed by atoms with E-state index < -0.39 is 10.0 Å². The van der Waals surface area contributed by atoms with Gasteiger partial charge in [-0.2, -0.15) is 4.31 Å². The molecule has 1 aliphatic heterocycles. The van der Waals surface area contributed by atoms with Crippen LogP contribution < -0.4 is 4.74 Å². The molecule has 1 amide bonds. The molecule has 0 atom stereocenters. The van der Waals surface area contributed by atoms with E-state index in [0.717, 1.165) is 22.4 Å². The predicted molar refractivity (Wildman–Crippen MR) is 89.5 cm³/mol. The number of nitrogens with zero attached hydrogens (tertiary/aromatic N) is 2. The zero-order valence-electron chi connectivity index (χ0n) is 14.3. The SMILES string of the molecule is COc1c(C)cc(C(=O)N2CCN(S(C)(=O)=O)CC2)c(C)c1C. The van der Waals surface area contributed by atoms with Gasteiger partial charge in [0.15, 0.2) is 0 Å². The largest absolute Gasteiger partial charge is 0.496 e. The smallest absolute Gasteiger partial charge is 0.254 e. The van der Waals surface area contributed by atoms with Crippen LogP contribution >= 0.6 is 0 Å². The van der Waals surface area contributed by atoms with Crippen LogP contribution in [0, 0.1) is 20.8 Å². The lowest BCUT2D eigenvalue weighted by atomic mass is 9.97. The lowest BCUT2D eigenvalue weighted by Gasteiger charge is -2.33. The third-order valence-electron chi connectivity index (χ3n) is 4.46. The Hall–Kier alpha value is -1.60. The summed E-state index contributed by atoms with van der Waals surface area (Å²) in [5, 5.41) is 0. The summed E-state index contributed by atoms with van der Waals surface area (Å²) in [7, 11) is -1.57. The summed E-state index contributed by atoms with van der Waals surface area (Å²) in [6.07, 6.45) is 1.20. The molecule has 23 heavy (non-hydrogen) atoms. The van der Waals surface area contributed by atoms with Gasteiger partial charge in [-0.15, -0.1) is 0 Å². The fraction of sp³-hybridized carbons (Fsp3) is 0.562. The summed E-state index contributed by atoms with van der Waals surface area (Å²) in [5.74, 6) is 0.755. The number of carbonyl (C=O) groups is 1. The second-order valence-corrected chi connectivity index (χ2v) is 7.96. The molecule has 6 nitrogen and oxygen atoms in total. The van der Waals surface area contributed by atoms with Crippen LogP contribution in [-0.2, 0) is 10.0 Å². The summed E-state index contributed by atoms with van der Waals surface area (Å²) < 4.78 is 29.9. The van der Waals surface area contributed by atoms with E-state index in [1.165, 1.54) is 10.6 Å². The number of ether oxygens (including phenoxy) is 1. The highest BCUT2D eigenvalue weighted by Gasteiger charge is 2.28. The number of aryl methyl sites for hydroxylation is 1. The van der Waals surface area contributed by atoms with Crippen LogP contribution in [0.1, 0.15) is 27.0 Å². The minimum atomic E-state index is -3.19. The first-order valence-corrected chi connectivity index (χ1v) is 9.40. The van der Waals surface area contributed by atoms with Gasteiger partial charge in [-0.1, -0.05) is 0 Å². The van der Waals surface area contributed by atoms with Gasteiger partial charge in [0, 0.05) is 31.7 Å². The molecule has 1 aromatic rings. The van der Waals surface area contributed by atoms with Crippen LogP contribution in [0.25, 0.3) is 0 Å². The predicted octanol–water partition coefficient (Wildman–Crippen LogP) is 1.34. The fourth-order valence-corrected chi connectivity index (χ4v) is 3.81. The van der Waals surface area contributed by atoms with Gasteiger partial charge in [0.1, 0.15) is 5.75 Å². The topological polar surface area (TPSA) is 66.9 Å². The van der Waals surface area contributed by atoms with E-state index in [9.17, 15) is 13.2 Å². The van der Waals surface area contributed by atoms with E-state index in [2.05, 4.69) is 0 Å². The summed E-state index contributed by atoms with van der Waals surface area (Å²) in [6.45, 7) is 7.29. The number of sulfonamides is 1. The standard InChI is InChI=1S/C16H24N2O4S/c1-11-10-14(12(2)13(3)15(11)22-4)16(19)17-6-8-18(9-7-17)23(5,20)21/h10H,6-9H2,1-5H3. The zero-order chi connectivity index (χ0) is 17.4. The molecular weight excluding hydrogens is 316 g/mol.